The van der Waals surface area contributed by atoms with Gasteiger partial charge in [0.15, 0.2) is 0 Å². The average molecular weight is 228 g/mol. The molecule has 15 heavy (non-hydrogen) atoms. The van der Waals surface area contributed by atoms with Gasteiger partial charge in [-0.25, -0.2) is 0 Å². The van der Waals surface area contributed by atoms with E-state index in [1.807, 2.05) is 18.2 Å². The van der Waals surface area contributed by atoms with E-state index in [0.29, 0.717) is 6.61 Å². The average Bonchev–Trinajstić information content (AvgIpc) is 2.31. The van der Waals surface area contributed by atoms with Gasteiger partial charge in [0.05, 0.1) is 6.61 Å². The summed E-state index contributed by atoms with van der Waals surface area (Å²) < 4.78 is 15.3. The van der Waals surface area contributed by atoms with Crippen LogP contribution in [-0.4, -0.2) is 20.8 Å². The minimum atomic E-state index is -1.14. The fourth-order valence-electron chi connectivity index (χ4n) is 1.24. The van der Waals surface area contributed by atoms with E-state index in [-0.39, 0.29) is 0 Å². The highest BCUT2D eigenvalue weighted by Gasteiger charge is 2.06. The molecule has 0 spiro atoms. The highest BCUT2D eigenvalue weighted by Crippen LogP contribution is 2.37. The van der Waals surface area contributed by atoms with Crippen LogP contribution in [0.5, 0.6) is 0 Å². The number of benzene rings is 1. The van der Waals surface area contributed by atoms with Crippen molar-refractivity contribution in [2.75, 3.05) is 20.8 Å². The van der Waals surface area contributed by atoms with Crippen molar-refractivity contribution in [2.24, 2.45) is 0 Å². The van der Waals surface area contributed by atoms with E-state index in [4.69, 9.17) is 13.6 Å². The molecule has 3 nitrogen and oxygen atoms in total. The molecule has 0 aliphatic carbocycles. The van der Waals surface area contributed by atoms with Gasteiger partial charge in [0.25, 0.3) is 0 Å². The van der Waals surface area contributed by atoms with Gasteiger partial charge in [-0.3, -0.25) is 0 Å². The molecule has 0 aromatic heterocycles. The fourth-order valence-corrected chi connectivity index (χ4v) is 1.88. The minimum absolute atomic E-state index is 0.669. The lowest BCUT2D eigenvalue weighted by molar-refractivity contribution is 0.204. The van der Waals surface area contributed by atoms with Crippen LogP contribution in [-0.2, 0) is 20.0 Å². The molecule has 0 aliphatic heterocycles. The zero-order valence-electron chi connectivity index (χ0n) is 9.18. The third-order valence-corrected chi connectivity index (χ3v) is 2.94. The van der Waals surface area contributed by atoms with Crippen LogP contribution in [0.2, 0.25) is 0 Å². The van der Waals surface area contributed by atoms with E-state index in [1.165, 1.54) is 5.56 Å². The Morgan fingerprint density at radius 2 is 1.73 bits per heavy atom. The molecule has 0 bridgehead atoms. The summed E-state index contributed by atoms with van der Waals surface area (Å²) >= 11 is 0. The molecule has 0 aliphatic rings. The summed E-state index contributed by atoms with van der Waals surface area (Å²) in [7, 11) is 2.04. The van der Waals surface area contributed by atoms with Crippen molar-refractivity contribution in [2.45, 2.75) is 12.8 Å². The maximum Gasteiger partial charge on any atom is 0.332 e. The molecule has 1 aromatic rings. The molecule has 1 aromatic carbocycles. The molecule has 0 amide bonds. The summed E-state index contributed by atoms with van der Waals surface area (Å²) in [6.07, 6.45) is 2.01. The van der Waals surface area contributed by atoms with Crippen molar-refractivity contribution in [1.82, 2.24) is 0 Å². The van der Waals surface area contributed by atoms with E-state index >= 15 is 0 Å². The third-order valence-electron chi connectivity index (χ3n) is 1.95. The SMILES string of the molecule is COP(OC)OCCCc1ccccc1. The molecule has 4 heteroatoms. The Labute approximate surface area is 92.4 Å². The van der Waals surface area contributed by atoms with Crippen molar-refractivity contribution >= 4 is 8.60 Å². The lowest BCUT2D eigenvalue weighted by atomic mass is 10.1. The van der Waals surface area contributed by atoms with Crippen molar-refractivity contribution < 1.29 is 13.6 Å². The van der Waals surface area contributed by atoms with E-state index in [9.17, 15) is 0 Å². The topological polar surface area (TPSA) is 27.7 Å². The lowest BCUT2D eigenvalue weighted by Gasteiger charge is -2.11. The Bertz CT molecular complexity index is 249. The first-order valence-corrected chi connectivity index (χ1v) is 6.01. The van der Waals surface area contributed by atoms with Gasteiger partial charge in [-0.15, -0.1) is 0 Å². The summed E-state index contributed by atoms with van der Waals surface area (Å²) in [5.74, 6) is 0. The predicted octanol–water partition coefficient (Wildman–Crippen LogP) is 3.16. The van der Waals surface area contributed by atoms with Crippen LogP contribution < -0.4 is 0 Å². The van der Waals surface area contributed by atoms with Crippen LogP contribution in [0, 0.1) is 0 Å². The second-order valence-corrected chi connectivity index (χ2v) is 4.45. The molecule has 0 saturated carbocycles. The summed E-state index contributed by atoms with van der Waals surface area (Å²) in [5.41, 5.74) is 1.33. The van der Waals surface area contributed by atoms with E-state index in [2.05, 4.69) is 12.1 Å². The Morgan fingerprint density at radius 1 is 1.07 bits per heavy atom. The number of hydrogen-bond acceptors (Lipinski definition) is 3. The van der Waals surface area contributed by atoms with Crippen LogP contribution in [0.15, 0.2) is 30.3 Å². The second kappa shape index (κ2) is 7.77. The minimum Gasteiger partial charge on any atom is -0.316 e. The zero-order chi connectivity index (χ0) is 10.9. The van der Waals surface area contributed by atoms with Crippen LogP contribution in [0.3, 0.4) is 0 Å². The maximum atomic E-state index is 5.38. The maximum absolute atomic E-state index is 5.38. The van der Waals surface area contributed by atoms with Gasteiger partial charge in [0.1, 0.15) is 0 Å². The highest BCUT2D eigenvalue weighted by atomic mass is 31.2. The molecule has 1 rings (SSSR count). The summed E-state index contributed by atoms with van der Waals surface area (Å²) in [5, 5.41) is 0. The molecular weight excluding hydrogens is 211 g/mol. The largest absolute Gasteiger partial charge is 0.332 e. The standard InChI is InChI=1S/C11H17O3P/c1-12-15(13-2)14-10-6-9-11-7-4-3-5-8-11/h3-5,7-8H,6,9-10H2,1-2H3. The molecule has 0 heterocycles. The van der Waals surface area contributed by atoms with Crippen LogP contribution >= 0.6 is 8.60 Å². The summed E-state index contributed by atoms with van der Waals surface area (Å²) in [6, 6.07) is 10.4. The molecule has 0 radical (unpaired) electrons. The first kappa shape index (κ1) is 12.6. The van der Waals surface area contributed by atoms with Gasteiger partial charge in [-0.2, -0.15) is 0 Å². The Morgan fingerprint density at radius 3 is 2.33 bits per heavy atom. The summed E-state index contributed by atoms with van der Waals surface area (Å²) in [4.78, 5) is 0. The molecule has 0 atom stereocenters. The van der Waals surface area contributed by atoms with Crippen molar-refractivity contribution in [3.05, 3.63) is 35.9 Å². The lowest BCUT2D eigenvalue weighted by Crippen LogP contribution is -1.95. The van der Waals surface area contributed by atoms with Crippen molar-refractivity contribution in [3.63, 3.8) is 0 Å². The van der Waals surface area contributed by atoms with Crippen LogP contribution in [0.1, 0.15) is 12.0 Å². The normalized spacial score (nSPS) is 10.9. The number of aryl methyl sites for hydroxylation is 1. The second-order valence-electron chi connectivity index (χ2n) is 3.01. The highest BCUT2D eigenvalue weighted by molar-refractivity contribution is 7.41. The Hall–Kier alpha value is -0.470. The molecule has 0 fully saturated rings. The first-order valence-electron chi connectivity index (χ1n) is 4.92. The molecule has 0 N–H and O–H groups in total. The van der Waals surface area contributed by atoms with Crippen LogP contribution in [0.25, 0.3) is 0 Å². The third kappa shape index (κ3) is 5.24. The van der Waals surface area contributed by atoms with Gasteiger partial charge in [0, 0.05) is 14.2 Å². The van der Waals surface area contributed by atoms with Crippen molar-refractivity contribution in [3.8, 4) is 0 Å². The zero-order valence-corrected chi connectivity index (χ0v) is 10.1. The fraction of sp³-hybridized carbons (Fsp3) is 0.455. The van der Waals surface area contributed by atoms with Gasteiger partial charge in [-0.1, -0.05) is 30.3 Å². The van der Waals surface area contributed by atoms with Crippen LogP contribution in [0.4, 0.5) is 0 Å². The number of rotatable bonds is 7. The molecular formula is C11H17O3P. The smallest absolute Gasteiger partial charge is 0.316 e. The van der Waals surface area contributed by atoms with Crippen molar-refractivity contribution in [1.29, 1.82) is 0 Å². The molecule has 84 valence electrons. The van der Waals surface area contributed by atoms with E-state index < -0.39 is 8.60 Å². The van der Waals surface area contributed by atoms with Gasteiger partial charge in [-0.05, 0) is 18.4 Å². The Kier molecular flexibility index (Phi) is 6.53. The molecule has 0 unspecified atom stereocenters. The van der Waals surface area contributed by atoms with E-state index in [1.54, 1.807) is 14.2 Å². The summed E-state index contributed by atoms with van der Waals surface area (Å²) in [6.45, 7) is 0.669. The predicted molar refractivity (Wildman–Crippen MR) is 61.7 cm³/mol. The van der Waals surface area contributed by atoms with Gasteiger partial charge in [0.2, 0.25) is 0 Å². The first-order chi connectivity index (χ1) is 7.36. The monoisotopic (exact) mass is 228 g/mol. The number of hydrogen-bond donors (Lipinski definition) is 0. The van der Waals surface area contributed by atoms with Gasteiger partial charge < -0.3 is 13.6 Å². The molecule has 0 saturated heterocycles. The Balaban J connectivity index is 2.12. The quantitative estimate of drug-likeness (QED) is 0.530. The van der Waals surface area contributed by atoms with E-state index in [0.717, 1.165) is 12.8 Å². The van der Waals surface area contributed by atoms with Gasteiger partial charge >= 0.3 is 8.60 Å².